The number of aromatic amines is 1. The Morgan fingerprint density at radius 3 is 2.81 bits per heavy atom. The number of aryl methyl sites for hydroxylation is 1. The van der Waals surface area contributed by atoms with Crippen LogP contribution in [0.15, 0.2) is 30.6 Å². The second kappa shape index (κ2) is 6.49. The number of hydrogen-bond acceptors (Lipinski definition) is 4. The van der Waals surface area contributed by atoms with Crippen LogP contribution in [0.25, 0.3) is 11.0 Å². The third-order valence-electron chi connectivity index (χ3n) is 4.56. The number of halogens is 2. The average Bonchev–Trinajstić information content (AvgIpc) is 3.05. The van der Waals surface area contributed by atoms with Crippen LogP contribution in [0.1, 0.15) is 21.5 Å². The fraction of sp³-hybridized carbons (Fsp3) is 0.263. The molecule has 5 nitrogen and oxygen atoms in total. The van der Waals surface area contributed by atoms with Gasteiger partial charge in [-0.1, -0.05) is 0 Å². The second-order valence-corrected chi connectivity index (χ2v) is 6.30. The molecule has 0 spiro atoms. The molecule has 7 heteroatoms. The summed E-state index contributed by atoms with van der Waals surface area (Å²) in [4.78, 5) is 21.8. The molecule has 0 radical (unpaired) electrons. The van der Waals surface area contributed by atoms with Crippen LogP contribution < -0.4 is 4.90 Å². The molecule has 0 saturated carbocycles. The van der Waals surface area contributed by atoms with E-state index in [1.165, 1.54) is 12.3 Å². The first-order chi connectivity index (χ1) is 12.6. The highest BCUT2D eigenvalue weighted by Crippen LogP contribution is 2.29. The summed E-state index contributed by atoms with van der Waals surface area (Å²) in [5, 5.41) is 0.547. The molecule has 1 saturated heterocycles. The van der Waals surface area contributed by atoms with Crippen molar-refractivity contribution in [2.75, 3.05) is 31.2 Å². The molecule has 2 aromatic heterocycles. The van der Waals surface area contributed by atoms with E-state index < -0.39 is 23.0 Å². The predicted octanol–water partition coefficient (Wildman–Crippen LogP) is 3.22. The Balaban J connectivity index is 1.81. The summed E-state index contributed by atoms with van der Waals surface area (Å²) in [6.07, 6.45) is 3.10. The van der Waals surface area contributed by atoms with Crippen LogP contribution >= 0.6 is 0 Å². The third-order valence-corrected chi connectivity index (χ3v) is 4.56. The number of carbonyl (C=O) groups is 1. The fourth-order valence-electron chi connectivity index (χ4n) is 3.23. The molecular weight excluding hydrogens is 340 g/mol. The first-order valence-corrected chi connectivity index (χ1v) is 8.35. The molecule has 1 aliphatic rings. The van der Waals surface area contributed by atoms with Gasteiger partial charge in [-0.05, 0) is 30.7 Å². The molecule has 134 valence electrons. The molecule has 0 atom stereocenters. The Hall–Kier alpha value is -2.80. The van der Waals surface area contributed by atoms with Gasteiger partial charge < -0.3 is 14.6 Å². The van der Waals surface area contributed by atoms with E-state index in [0.29, 0.717) is 37.3 Å². The smallest absolute Gasteiger partial charge is 0.201 e. The Kier molecular flexibility index (Phi) is 4.16. The Morgan fingerprint density at radius 2 is 2.04 bits per heavy atom. The van der Waals surface area contributed by atoms with Crippen molar-refractivity contribution in [3.63, 3.8) is 0 Å². The van der Waals surface area contributed by atoms with Gasteiger partial charge in [-0.2, -0.15) is 0 Å². The summed E-state index contributed by atoms with van der Waals surface area (Å²) in [6.45, 7) is 3.76. The third kappa shape index (κ3) is 2.74. The number of hydrogen-bond donors (Lipinski definition) is 1. The van der Waals surface area contributed by atoms with Gasteiger partial charge in [-0.25, -0.2) is 13.8 Å². The van der Waals surface area contributed by atoms with E-state index in [1.54, 1.807) is 17.2 Å². The maximum Gasteiger partial charge on any atom is 0.201 e. The van der Waals surface area contributed by atoms with Crippen molar-refractivity contribution in [2.24, 2.45) is 0 Å². The topological polar surface area (TPSA) is 58.2 Å². The zero-order chi connectivity index (χ0) is 18.3. The zero-order valence-corrected chi connectivity index (χ0v) is 14.2. The van der Waals surface area contributed by atoms with E-state index in [9.17, 15) is 9.18 Å². The van der Waals surface area contributed by atoms with Gasteiger partial charge in [0.2, 0.25) is 5.78 Å². The number of nitrogens with zero attached hydrogens (tertiary/aromatic N) is 2. The monoisotopic (exact) mass is 357 g/mol. The van der Waals surface area contributed by atoms with Crippen molar-refractivity contribution < 1.29 is 18.3 Å². The maximum atomic E-state index is 15.1. The number of ether oxygens (including phenoxy) is 1. The number of H-pyrrole nitrogens is 1. The lowest BCUT2D eigenvalue weighted by atomic mass is 10.0. The van der Waals surface area contributed by atoms with Crippen LogP contribution in [0, 0.1) is 18.6 Å². The van der Waals surface area contributed by atoms with E-state index >= 15 is 4.39 Å². The normalized spacial score (nSPS) is 14.8. The number of benzene rings is 1. The average molecular weight is 357 g/mol. The van der Waals surface area contributed by atoms with Gasteiger partial charge in [0, 0.05) is 36.4 Å². The van der Waals surface area contributed by atoms with E-state index in [1.807, 2.05) is 6.92 Å². The van der Waals surface area contributed by atoms with Crippen LogP contribution in [0.2, 0.25) is 0 Å². The van der Waals surface area contributed by atoms with E-state index in [-0.39, 0.29) is 11.3 Å². The molecule has 1 fully saturated rings. The molecule has 4 rings (SSSR count). The van der Waals surface area contributed by atoms with Crippen LogP contribution in [0.4, 0.5) is 14.5 Å². The first kappa shape index (κ1) is 16.7. The molecule has 1 aliphatic heterocycles. The highest BCUT2D eigenvalue weighted by atomic mass is 19.1. The van der Waals surface area contributed by atoms with Gasteiger partial charge in [0.25, 0.3) is 0 Å². The molecule has 26 heavy (non-hydrogen) atoms. The standard InChI is InChI=1S/C19H17F2N3O2/c1-11-8-12-13(10-23-19(12)22-9-11)18(25)16-14(20)2-3-15(17(16)21)24-4-6-26-7-5-24/h2-3,8-10H,4-7H2,1H3,(H,22,23). The highest BCUT2D eigenvalue weighted by molar-refractivity contribution is 6.16. The Labute approximate surface area is 148 Å². The number of ketones is 1. The van der Waals surface area contributed by atoms with Crippen LogP contribution in [0.3, 0.4) is 0 Å². The minimum Gasteiger partial charge on any atom is -0.378 e. The van der Waals surface area contributed by atoms with Crippen LogP contribution in [0.5, 0.6) is 0 Å². The summed E-state index contributed by atoms with van der Waals surface area (Å²) in [7, 11) is 0. The molecule has 1 N–H and O–H groups in total. The number of fused-ring (bicyclic) bond motifs is 1. The summed E-state index contributed by atoms with van der Waals surface area (Å²) >= 11 is 0. The second-order valence-electron chi connectivity index (χ2n) is 6.30. The molecule has 0 unspecified atom stereocenters. The maximum absolute atomic E-state index is 15.1. The van der Waals surface area contributed by atoms with Gasteiger partial charge >= 0.3 is 0 Å². The van der Waals surface area contributed by atoms with Gasteiger partial charge in [-0.15, -0.1) is 0 Å². The quantitative estimate of drug-likeness (QED) is 0.732. The van der Waals surface area contributed by atoms with Gasteiger partial charge in [-0.3, -0.25) is 4.79 Å². The van der Waals surface area contributed by atoms with Crippen molar-refractivity contribution in [2.45, 2.75) is 6.92 Å². The number of nitrogens with one attached hydrogen (secondary N) is 1. The molecule has 3 heterocycles. The SMILES string of the molecule is Cc1cnc2[nH]cc(C(=O)c3c(F)ccc(N4CCOCC4)c3F)c2c1. The Bertz CT molecular complexity index is 994. The summed E-state index contributed by atoms with van der Waals surface area (Å²) in [5.41, 5.74) is 1.23. The van der Waals surface area contributed by atoms with E-state index in [0.717, 1.165) is 11.6 Å². The lowest BCUT2D eigenvalue weighted by Crippen LogP contribution is -2.37. The molecule has 0 amide bonds. The van der Waals surface area contributed by atoms with Crippen molar-refractivity contribution in [1.82, 2.24) is 9.97 Å². The number of anilines is 1. The molecule has 3 aromatic rings. The number of morpholine rings is 1. The summed E-state index contributed by atoms with van der Waals surface area (Å²) in [5.74, 6) is -2.42. The van der Waals surface area contributed by atoms with E-state index in [2.05, 4.69) is 9.97 Å². The van der Waals surface area contributed by atoms with Crippen molar-refractivity contribution in [3.8, 4) is 0 Å². The van der Waals surface area contributed by atoms with E-state index in [4.69, 9.17) is 4.74 Å². The van der Waals surface area contributed by atoms with Gasteiger partial charge in [0.05, 0.1) is 24.5 Å². The largest absolute Gasteiger partial charge is 0.378 e. The van der Waals surface area contributed by atoms with Crippen LogP contribution in [-0.4, -0.2) is 42.1 Å². The fourth-order valence-corrected chi connectivity index (χ4v) is 3.23. The lowest BCUT2D eigenvalue weighted by molar-refractivity contribution is 0.103. The van der Waals surface area contributed by atoms with Crippen molar-refractivity contribution in [3.05, 3.63) is 58.9 Å². The minimum absolute atomic E-state index is 0.202. The molecule has 1 aromatic carbocycles. The summed E-state index contributed by atoms with van der Waals surface area (Å²) < 4.78 is 34.7. The van der Waals surface area contributed by atoms with Gasteiger partial charge in [0.15, 0.2) is 5.82 Å². The zero-order valence-electron chi connectivity index (χ0n) is 14.2. The minimum atomic E-state index is -0.875. The van der Waals surface area contributed by atoms with Crippen molar-refractivity contribution in [1.29, 1.82) is 0 Å². The predicted molar refractivity (Wildman–Crippen MR) is 93.7 cm³/mol. The highest BCUT2D eigenvalue weighted by Gasteiger charge is 2.26. The number of carbonyl (C=O) groups excluding carboxylic acids is 1. The Morgan fingerprint density at radius 1 is 1.27 bits per heavy atom. The lowest BCUT2D eigenvalue weighted by Gasteiger charge is -2.29. The van der Waals surface area contributed by atoms with Crippen molar-refractivity contribution >= 4 is 22.5 Å². The molecule has 0 bridgehead atoms. The molecule has 0 aliphatic carbocycles. The molecular formula is C19H17F2N3O2. The van der Waals surface area contributed by atoms with Gasteiger partial charge in [0.1, 0.15) is 11.5 Å². The number of rotatable bonds is 3. The van der Waals surface area contributed by atoms with Crippen LogP contribution in [-0.2, 0) is 4.74 Å². The number of pyridine rings is 1. The number of aromatic nitrogens is 2. The summed E-state index contributed by atoms with van der Waals surface area (Å²) in [6, 6.07) is 4.28. The first-order valence-electron chi connectivity index (χ1n) is 8.35.